The second kappa shape index (κ2) is 6.15. The molecule has 6 heteroatoms. The third-order valence-corrected chi connectivity index (χ3v) is 4.00. The summed E-state index contributed by atoms with van der Waals surface area (Å²) in [5.41, 5.74) is 0.343. The van der Waals surface area contributed by atoms with Crippen molar-refractivity contribution < 1.29 is 14.3 Å². The quantitative estimate of drug-likeness (QED) is 0.917. The first-order valence-electron chi connectivity index (χ1n) is 6.93. The van der Waals surface area contributed by atoms with E-state index in [2.05, 4.69) is 9.97 Å². The van der Waals surface area contributed by atoms with E-state index in [1.807, 2.05) is 11.8 Å². The van der Waals surface area contributed by atoms with Crippen LogP contribution < -0.4 is 4.90 Å². The molecule has 0 bridgehead atoms. The predicted octanol–water partition coefficient (Wildman–Crippen LogP) is 2.25. The average Bonchev–Trinajstić information content (AvgIpc) is 2.41. The van der Waals surface area contributed by atoms with Crippen molar-refractivity contribution in [1.82, 2.24) is 9.97 Å². The molecule has 1 aromatic heterocycles. The Kier molecular flexibility index (Phi) is 4.52. The highest BCUT2D eigenvalue weighted by Gasteiger charge is 2.28. The molecule has 1 saturated heterocycles. The SMILES string of the molecule is Cc1ncnc(N2CCCC(C(C)CC(=O)O)C2)c1F. The molecule has 0 amide bonds. The minimum absolute atomic E-state index is 0.0845. The summed E-state index contributed by atoms with van der Waals surface area (Å²) in [5, 5.41) is 8.88. The van der Waals surface area contributed by atoms with Crippen LogP contribution in [0.15, 0.2) is 6.33 Å². The van der Waals surface area contributed by atoms with E-state index in [1.165, 1.54) is 6.33 Å². The van der Waals surface area contributed by atoms with Crippen LogP contribution in [0.5, 0.6) is 0 Å². The lowest BCUT2D eigenvalue weighted by atomic mass is 9.84. The maximum atomic E-state index is 14.1. The van der Waals surface area contributed by atoms with Crippen LogP contribution >= 0.6 is 0 Å². The van der Waals surface area contributed by atoms with Gasteiger partial charge in [-0.1, -0.05) is 6.92 Å². The van der Waals surface area contributed by atoms with E-state index in [1.54, 1.807) is 6.92 Å². The second-order valence-corrected chi connectivity index (χ2v) is 5.52. The predicted molar refractivity (Wildman–Crippen MR) is 73.1 cm³/mol. The molecule has 110 valence electrons. The highest BCUT2D eigenvalue weighted by molar-refractivity contribution is 5.67. The minimum Gasteiger partial charge on any atom is -0.481 e. The molecule has 1 fully saturated rings. The van der Waals surface area contributed by atoms with Gasteiger partial charge in [0.15, 0.2) is 11.6 Å². The standard InChI is InChI=1S/C14H20FN3O2/c1-9(6-12(19)20)11-4-3-5-18(7-11)14-13(15)10(2)16-8-17-14/h8-9,11H,3-7H2,1-2H3,(H,19,20). The molecule has 0 spiro atoms. The number of anilines is 1. The lowest BCUT2D eigenvalue weighted by Gasteiger charge is -2.36. The fraction of sp³-hybridized carbons (Fsp3) is 0.643. The average molecular weight is 281 g/mol. The first-order chi connectivity index (χ1) is 9.49. The number of carbonyl (C=O) groups is 1. The molecule has 1 aliphatic rings. The van der Waals surface area contributed by atoms with Gasteiger partial charge in [-0.2, -0.15) is 0 Å². The van der Waals surface area contributed by atoms with Gasteiger partial charge < -0.3 is 10.0 Å². The second-order valence-electron chi connectivity index (χ2n) is 5.52. The monoisotopic (exact) mass is 281 g/mol. The van der Waals surface area contributed by atoms with Gasteiger partial charge in [-0.25, -0.2) is 14.4 Å². The maximum absolute atomic E-state index is 14.1. The van der Waals surface area contributed by atoms with Gasteiger partial charge in [0, 0.05) is 19.5 Å². The Hall–Kier alpha value is -1.72. The van der Waals surface area contributed by atoms with Crippen molar-refractivity contribution in [3.05, 3.63) is 17.8 Å². The number of halogens is 1. The van der Waals surface area contributed by atoms with Crippen LogP contribution in [0.1, 0.15) is 31.9 Å². The van der Waals surface area contributed by atoms with Crippen molar-refractivity contribution in [1.29, 1.82) is 0 Å². The third-order valence-electron chi connectivity index (χ3n) is 4.00. The number of carboxylic acids is 1. The number of nitrogens with zero attached hydrogens (tertiary/aromatic N) is 3. The lowest BCUT2D eigenvalue weighted by Crippen LogP contribution is -2.39. The topological polar surface area (TPSA) is 66.3 Å². The Morgan fingerprint density at radius 3 is 3.05 bits per heavy atom. The summed E-state index contributed by atoms with van der Waals surface area (Å²) in [5.74, 6) is -0.474. The summed E-state index contributed by atoms with van der Waals surface area (Å²) in [7, 11) is 0. The zero-order valence-electron chi connectivity index (χ0n) is 11.8. The molecule has 2 rings (SSSR count). The van der Waals surface area contributed by atoms with Crippen LogP contribution in [0, 0.1) is 24.6 Å². The molecule has 1 aliphatic heterocycles. The number of piperidine rings is 1. The van der Waals surface area contributed by atoms with Gasteiger partial charge in [-0.3, -0.25) is 4.79 Å². The number of hydrogen-bond acceptors (Lipinski definition) is 4. The molecule has 0 radical (unpaired) electrons. The summed E-state index contributed by atoms with van der Waals surface area (Å²) in [6.07, 6.45) is 3.44. The number of rotatable bonds is 4. The summed E-state index contributed by atoms with van der Waals surface area (Å²) in [6.45, 7) is 4.98. The first-order valence-corrected chi connectivity index (χ1v) is 6.93. The van der Waals surface area contributed by atoms with Crippen molar-refractivity contribution in [2.75, 3.05) is 18.0 Å². The normalized spacial score (nSPS) is 20.8. The zero-order valence-corrected chi connectivity index (χ0v) is 11.8. The molecule has 0 saturated carbocycles. The summed E-state index contributed by atoms with van der Waals surface area (Å²) in [6, 6.07) is 0. The number of aliphatic carboxylic acids is 1. The van der Waals surface area contributed by atoms with Crippen molar-refractivity contribution in [3.8, 4) is 0 Å². The van der Waals surface area contributed by atoms with Crippen molar-refractivity contribution in [3.63, 3.8) is 0 Å². The summed E-state index contributed by atoms with van der Waals surface area (Å²) in [4.78, 5) is 20.6. The zero-order chi connectivity index (χ0) is 14.7. The van der Waals surface area contributed by atoms with Crippen LogP contribution in [0.2, 0.25) is 0 Å². The smallest absolute Gasteiger partial charge is 0.303 e. The molecule has 1 aromatic rings. The van der Waals surface area contributed by atoms with Crippen LogP contribution in [0.25, 0.3) is 0 Å². The van der Waals surface area contributed by atoms with Crippen molar-refractivity contribution in [2.45, 2.75) is 33.1 Å². The fourth-order valence-corrected chi connectivity index (χ4v) is 2.77. The maximum Gasteiger partial charge on any atom is 0.303 e. The Balaban J connectivity index is 2.10. The Labute approximate surface area is 117 Å². The van der Waals surface area contributed by atoms with Gasteiger partial charge in [-0.15, -0.1) is 0 Å². The van der Waals surface area contributed by atoms with Gasteiger partial charge in [0.05, 0.1) is 5.69 Å². The highest BCUT2D eigenvalue weighted by Crippen LogP contribution is 2.29. The largest absolute Gasteiger partial charge is 0.481 e. The van der Waals surface area contributed by atoms with Crippen molar-refractivity contribution >= 4 is 11.8 Å². The first kappa shape index (κ1) is 14.7. The molecular formula is C14H20FN3O2. The minimum atomic E-state index is -0.779. The lowest BCUT2D eigenvalue weighted by molar-refractivity contribution is -0.138. The van der Waals surface area contributed by atoms with Crippen LogP contribution in [-0.4, -0.2) is 34.1 Å². The van der Waals surface area contributed by atoms with Crippen LogP contribution in [0.3, 0.4) is 0 Å². The van der Waals surface area contributed by atoms with Gasteiger partial charge in [0.25, 0.3) is 0 Å². The Bertz CT molecular complexity index is 495. The van der Waals surface area contributed by atoms with E-state index < -0.39 is 5.97 Å². The molecule has 0 aromatic carbocycles. The molecular weight excluding hydrogens is 261 g/mol. The fourth-order valence-electron chi connectivity index (χ4n) is 2.77. The molecule has 0 aliphatic carbocycles. The van der Waals surface area contributed by atoms with Gasteiger partial charge in [-0.05, 0) is 31.6 Å². The van der Waals surface area contributed by atoms with Gasteiger partial charge >= 0.3 is 5.97 Å². The van der Waals surface area contributed by atoms with Crippen molar-refractivity contribution in [2.24, 2.45) is 11.8 Å². The van der Waals surface area contributed by atoms with Crippen LogP contribution in [0.4, 0.5) is 10.2 Å². The molecule has 2 heterocycles. The molecule has 2 atom stereocenters. The van der Waals surface area contributed by atoms with Crippen LogP contribution in [-0.2, 0) is 4.79 Å². The number of hydrogen-bond donors (Lipinski definition) is 1. The van der Waals surface area contributed by atoms with E-state index >= 15 is 0 Å². The highest BCUT2D eigenvalue weighted by atomic mass is 19.1. The third kappa shape index (κ3) is 3.23. The number of aromatic nitrogens is 2. The van der Waals surface area contributed by atoms with E-state index in [0.29, 0.717) is 18.1 Å². The molecule has 20 heavy (non-hydrogen) atoms. The number of aryl methyl sites for hydroxylation is 1. The molecule has 2 unspecified atom stereocenters. The van der Waals surface area contributed by atoms with Gasteiger partial charge in [0.1, 0.15) is 6.33 Å². The number of carboxylic acid groups (broad SMARTS) is 1. The molecule has 5 nitrogen and oxygen atoms in total. The van der Waals surface area contributed by atoms with Gasteiger partial charge in [0.2, 0.25) is 0 Å². The summed E-state index contributed by atoms with van der Waals surface area (Å²) < 4.78 is 14.1. The molecule has 1 N–H and O–H groups in total. The van der Waals surface area contributed by atoms with E-state index in [4.69, 9.17) is 5.11 Å². The van der Waals surface area contributed by atoms with E-state index in [9.17, 15) is 9.18 Å². The van der Waals surface area contributed by atoms with E-state index in [-0.39, 0.29) is 24.1 Å². The summed E-state index contributed by atoms with van der Waals surface area (Å²) >= 11 is 0. The Morgan fingerprint density at radius 1 is 1.60 bits per heavy atom. The Morgan fingerprint density at radius 2 is 2.35 bits per heavy atom. The van der Waals surface area contributed by atoms with E-state index in [0.717, 1.165) is 19.4 Å².